The first kappa shape index (κ1) is 20.3. The fraction of sp³-hybridized carbons (Fsp3) is 0.333. The number of hydrogen-bond acceptors (Lipinski definition) is 9. The minimum Gasteiger partial charge on any atom is -0.461 e. The maximum absolute atomic E-state index is 6.22. The first-order chi connectivity index (χ1) is 17.2. The first-order valence-electron chi connectivity index (χ1n) is 12.0. The number of rotatable bonds is 5. The lowest BCUT2D eigenvalue weighted by atomic mass is 10.1. The summed E-state index contributed by atoms with van der Waals surface area (Å²) < 4.78 is 8.89. The molecule has 1 fully saturated rings. The van der Waals surface area contributed by atoms with Gasteiger partial charge in [-0.2, -0.15) is 14.6 Å². The van der Waals surface area contributed by atoms with Gasteiger partial charge in [-0.25, -0.2) is 9.67 Å². The van der Waals surface area contributed by atoms with E-state index in [1.165, 1.54) is 16.9 Å². The molecule has 2 aliphatic heterocycles. The average molecular weight is 471 g/mol. The van der Waals surface area contributed by atoms with E-state index in [0.717, 1.165) is 63.3 Å². The minimum atomic E-state index is 0.276. The molecule has 0 radical (unpaired) electrons. The predicted octanol–water partition coefficient (Wildman–Crippen LogP) is 2.11. The standard InChI is InChI=1S/C24H26N10O/c25-24-29-22-18(23-28-21(30-34(23)24)20-2-1-13-35-20)15-27-33(22)12-9-31-7-10-32(11-8-31)17-3-4-19-16(14-17)5-6-26-19/h1-4,13-15,26H,5-12H2,(H2,25,29). The van der Waals surface area contributed by atoms with Gasteiger partial charge in [-0.05, 0) is 42.3 Å². The summed E-state index contributed by atoms with van der Waals surface area (Å²) in [5.41, 5.74) is 11.6. The Kier molecular flexibility index (Phi) is 4.62. The van der Waals surface area contributed by atoms with Crippen molar-refractivity contribution in [3.8, 4) is 11.6 Å². The van der Waals surface area contributed by atoms with Crippen molar-refractivity contribution < 1.29 is 4.42 Å². The molecule has 2 aliphatic rings. The molecule has 0 atom stereocenters. The van der Waals surface area contributed by atoms with Gasteiger partial charge < -0.3 is 20.4 Å². The monoisotopic (exact) mass is 470 g/mol. The Bertz CT molecular complexity index is 1510. The van der Waals surface area contributed by atoms with E-state index in [0.29, 0.717) is 17.2 Å². The molecule has 11 nitrogen and oxygen atoms in total. The second kappa shape index (κ2) is 7.98. The van der Waals surface area contributed by atoms with E-state index in [1.54, 1.807) is 23.0 Å². The number of furan rings is 1. The van der Waals surface area contributed by atoms with E-state index < -0.39 is 0 Å². The van der Waals surface area contributed by atoms with Crippen molar-refractivity contribution in [3.05, 3.63) is 48.4 Å². The summed E-state index contributed by atoms with van der Waals surface area (Å²) >= 11 is 0. The normalized spacial score (nSPS) is 16.3. The van der Waals surface area contributed by atoms with E-state index in [4.69, 9.17) is 10.2 Å². The van der Waals surface area contributed by atoms with Crippen LogP contribution in [0.1, 0.15) is 5.56 Å². The van der Waals surface area contributed by atoms with Crippen LogP contribution in [0.2, 0.25) is 0 Å². The summed E-state index contributed by atoms with van der Waals surface area (Å²) in [5.74, 6) is 1.34. The van der Waals surface area contributed by atoms with Crippen LogP contribution in [0, 0.1) is 0 Å². The number of nitrogens with two attached hydrogens (primary N) is 1. The zero-order valence-corrected chi connectivity index (χ0v) is 19.3. The van der Waals surface area contributed by atoms with Crippen LogP contribution < -0.4 is 16.0 Å². The van der Waals surface area contributed by atoms with E-state index in [9.17, 15) is 0 Å². The highest BCUT2D eigenvalue weighted by Crippen LogP contribution is 2.28. The second-order valence-electron chi connectivity index (χ2n) is 9.07. The minimum absolute atomic E-state index is 0.276. The van der Waals surface area contributed by atoms with Crippen LogP contribution in [0.5, 0.6) is 0 Å². The number of aromatic nitrogens is 6. The highest BCUT2D eigenvalue weighted by atomic mass is 16.3. The smallest absolute Gasteiger partial charge is 0.225 e. The molecule has 1 saturated heterocycles. The van der Waals surface area contributed by atoms with Crippen LogP contribution in [-0.4, -0.2) is 73.5 Å². The Morgan fingerprint density at radius 1 is 1.03 bits per heavy atom. The lowest BCUT2D eigenvalue weighted by molar-refractivity contribution is 0.245. The molecular formula is C24H26N10O. The zero-order chi connectivity index (χ0) is 23.4. The Hall–Kier alpha value is -4.12. The topological polar surface area (TPSA) is 119 Å². The third kappa shape index (κ3) is 3.46. The summed E-state index contributed by atoms with van der Waals surface area (Å²) in [6.45, 7) is 6.75. The lowest BCUT2D eigenvalue weighted by Gasteiger charge is -2.36. The second-order valence-corrected chi connectivity index (χ2v) is 9.07. The molecule has 0 aliphatic carbocycles. The number of fused-ring (bicyclic) bond motifs is 4. The van der Waals surface area contributed by atoms with E-state index in [1.807, 2.05) is 10.7 Å². The number of hydrogen-bond donors (Lipinski definition) is 2. The van der Waals surface area contributed by atoms with Gasteiger partial charge in [0.2, 0.25) is 11.8 Å². The molecule has 7 rings (SSSR count). The molecule has 4 aromatic heterocycles. The molecule has 1 aromatic carbocycles. The van der Waals surface area contributed by atoms with E-state index in [-0.39, 0.29) is 5.95 Å². The fourth-order valence-electron chi connectivity index (χ4n) is 5.08. The molecule has 5 aromatic rings. The SMILES string of the molecule is Nc1nc2c(cnn2CCN2CCN(c3ccc4c(c3)CCN4)CC2)c2nc(-c3ccco3)nn12. The van der Waals surface area contributed by atoms with Gasteiger partial charge in [0.1, 0.15) is 0 Å². The molecular weight excluding hydrogens is 444 g/mol. The van der Waals surface area contributed by atoms with Crippen LogP contribution in [0.25, 0.3) is 28.3 Å². The zero-order valence-electron chi connectivity index (χ0n) is 19.3. The number of nitrogen functional groups attached to an aromatic ring is 1. The van der Waals surface area contributed by atoms with E-state index >= 15 is 0 Å². The number of nitrogens with zero attached hydrogens (tertiary/aromatic N) is 8. The molecule has 6 heterocycles. The quantitative estimate of drug-likeness (QED) is 0.398. The van der Waals surface area contributed by atoms with Gasteiger partial charge in [-0.3, -0.25) is 4.90 Å². The van der Waals surface area contributed by atoms with Crippen molar-refractivity contribution >= 4 is 34.0 Å². The first-order valence-corrected chi connectivity index (χ1v) is 12.0. The highest BCUT2D eigenvalue weighted by Gasteiger charge is 2.21. The summed E-state index contributed by atoms with van der Waals surface area (Å²) in [7, 11) is 0. The Labute approximate surface area is 201 Å². The summed E-state index contributed by atoms with van der Waals surface area (Å²) in [6.07, 6.45) is 4.50. The summed E-state index contributed by atoms with van der Waals surface area (Å²) in [5, 5.41) is 13.3. The fourth-order valence-corrected chi connectivity index (χ4v) is 5.08. The van der Waals surface area contributed by atoms with Crippen molar-refractivity contribution in [3.63, 3.8) is 0 Å². The molecule has 35 heavy (non-hydrogen) atoms. The Morgan fingerprint density at radius 2 is 1.94 bits per heavy atom. The number of nitrogens with one attached hydrogen (secondary N) is 1. The predicted molar refractivity (Wildman–Crippen MR) is 133 cm³/mol. The van der Waals surface area contributed by atoms with Gasteiger partial charge in [0.15, 0.2) is 17.1 Å². The van der Waals surface area contributed by atoms with Gasteiger partial charge >= 0.3 is 0 Å². The van der Waals surface area contributed by atoms with Crippen LogP contribution >= 0.6 is 0 Å². The molecule has 0 saturated carbocycles. The van der Waals surface area contributed by atoms with Crippen LogP contribution in [0.4, 0.5) is 17.3 Å². The van der Waals surface area contributed by atoms with Crippen molar-refractivity contribution in [1.82, 2.24) is 34.3 Å². The van der Waals surface area contributed by atoms with Crippen LogP contribution in [0.15, 0.2) is 47.2 Å². The maximum Gasteiger partial charge on any atom is 0.225 e. The van der Waals surface area contributed by atoms with E-state index in [2.05, 4.69) is 53.5 Å². The molecule has 0 unspecified atom stereocenters. The summed E-state index contributed by atoms with van der Waals surface area (Å²) in [6, 6.07) is 10.4. The third-order valence-electron chi connectivity index (χ3n) is 7.00. The van der Waals surface area contributed by atoms with Gasteiger partial charge in [-0.15, -0.1) is 5.10 Å². The van der Waals surface area contributed by atoms with Gasteiger partial charge in [-0.1, -0.05) is 0 Å². The van der Waals surface area contributed by atoms with Crippen LogP contribution in [0.3, 0.4) is 0 Å². The van der Waals surface area contributed by atoms with Gasteiger partial charge in [0.05, 0.1) is 24.4 Å². The van der Waals surface area contributed by atoms with Crippen molar-refractivity contribution in [2.45, 2.75) is 13.0 Å². The van der Waals surface area contributed by atoms with Crippen LogP contribution in [-0.2, 0) is 13.0 Å². The number of benzene rings is 1. The highest BCUT2D eigenvalue weighted by molar-refractivity contribution is 5.90. The largest absolute Gasteiger partial charge is 0.461 e. The molecule has 11 heteroatoms. The van der Waals surface area contributed by atoms with Crippen molar-refractivity contribution in [2.75, 3.05) is 55.2 Å². The molecule has 3 N–H and O–H groups in total. The Balaban J connectivity index is 1.05. The van der Waals surface area contributed by atoms with Gasteiger partial charge in [0, 0.05) is 50.6 Å². The molecule has 0 spiro atoms. The van der Waals surface area contributed by atoms with Crippen molar-refractivity contribution in [2.24, 2.45) is 0 Å². The lowest BCUT2D eigenvalue weighted by Crippen LogP contribution is -2.47. The maximum atomic E-state index is 6.22. The van der Waals surface area contributed by atoms with Crippen molar-refractivity contribution in [1.29, 1.82) is 0 Å². The number of anilines is 3. The Morgan fingerprint density at radius 3 is 2.80 bits per heavy atom. The molecule has 0 amide bonds. The third-order valence-corrected chi connectivity index (χ3v) is 7.00. The average Bonchev–Trinajstić information content (AvgIpc) is 3.68. The molecule has 178 valence electrons. The molecule has 0 bridgehead atoms. The summed E-state index contributed by atoms with van der Waals surface area (Å²) in [4.78, 5) is 14.2. The van der Waals surface area contributed by atoms with Gasteiger partial charge in [0.25, 0.3) is 0 Å². The number of piperazine rings is 1.